The number of pyridine rings is 1. The number of amides is 1. The maximum atomic E-state index is 13.6. The number of carbonyl (C=O) groups is 1. The van der Waals surface area contributed by atoms with Gasteiger partial charge in [-0.1, -0.05) is 5.21 Å². The molecule has 34 heavy (non-hydrogen) atoms. The number of rotatable bonds is 5. The van der Waals surface area contributed by atoms with E-state index >= 15 is 0 Å². The average Bonchev–Trinajstić information content (AvgIpc) is 3.48. The molecular formula is C25H25FN6O2. The fourth-order valence-electron chi connectivity index (χ4n) is 4.52. The van der Waals surface area contributed by atoms with Crippen molar-refractivity contribution in [2.45, 2.75) is 18.9 Å². The van der Waals surface area contributed by atoms with E-state index < -0.39 is 0 Å². The largest absolute Gasteiger partial charge is 0.334 e. The third kappa shape index (κ3) is 4.22. The van der Waals surface area contributed by atoms with Crippen molar-refractivity contribution < 1.29 is 9.18 Å². The van der Waals surface area contributed by atoms with Gasteiger partial charge in [0, 0.05) is 35.6 Å². The van der Waals surface area contributed by atoms with Crippen LogP contribution in [0.5, 0.6) is 0 Å². The lowest BCUT2D eigenvalue weighted by Gasteiger charge is -2.27. The van der Waals surface area contributed by atoms with Gasteiger partial charge < -0.3 is 14.8 Å². The zero-order valence-electron chi connectivity index (χ0n) is 19.0. The molecule has 8 nitrogen and oxygen atoms in total. The van der Waals surface area contributed by atoms with Crippen molar-refractivity contribution in [3.63, 3.8) is 0 Å². The third-order valence-electron chi connectivity index (χ3n) is 6.17. The minimum atomic E-state index is -0.384. The number of halogens is 1. The van der Waals surface area contributed by atoms with Gasteiger partial charge in [0.25, 0.3) is 11.5 Å². The molecule has 1 aliphatic rings. The van der Waals surface area contributed by atoms with E-state index in [0.717, 1.165) is 25.9 Å². The van der Waals surface area contributed by atoms with E-state index in [0.29, 0.717) is 33.4 Å². The van der Waals surface area contributed by atoms with Crippen molar-refractivity contribution in [3.8, 4) is 16.9 Å². The molecule has 3 heterocycles. The molecule has 5 rings (SSSR count). The number of nitrogens with zero attached hydrogens (tertiary/aromatic N) is 5. The van der Waals surface area contributed by atoms with Gasteiger partial charge >= 0.3 is 0 Å². The van der Waals surface area contributed by atoms with Gasteiger partial charge in [-0.2, -0.15) is 0 Å². The lowest BCUT2D eigenvalue weighted by molar-refractivity contribution is 0.0716. The topological polar surface area (TPSA) is 87.1 Å². The second kappa shape index (κ2) is 8.83. The predicted octanol–water partition coefficient (Wildman–Crippen LogP) is 3.08. The molecule has 0 saturated carbocycles. The zero-order valence-corrected chi connectivity index (χ0v) is 19.0. The summed E-state index contributed by atoms with van der Waals surface area (Å²) in [5.74, 6) is -0.351. The van der Waals surface area contributed by atoms with E-state index in [1.807, 2.05) is 31.1 Å². The van der Waals surface area contributed by atoms with E-state index in [1.165, 1.54) is 18.2 Å². The number of hydrogen-bond donors (Lipinski definition) is 1. The van der Waals surface area contributed by atoms with E-state index in [4.69, 9.17) is 0 Å². The van der Waals surface area contributed by atoms with E-state index in [-0.39, 0.29) is 23.3 Å². The summed E-state index contributed by atoms with van der Waals surface area (Å²) in [6, 6.07) is 13.2. The number of fused-ring (bicyclic) bond motifs is 1. The summed E-state index contributed by atoms with van der Waals surface area (Å²) >= 11 is 0. The van der Waals surface area contributed by atoms with Gasteiger partial charge in [0.05, 0.1) is 17.4 Å². The highest BCUT2D eigenvalue weighted by atomic mass is 19.1. The summed E-state index contributed by atoms with van der Waals surface area (Å²) in [6.45, 7) is 1.63. The molecule has 1 amide bonds. The van der Waals surface area contributed by atoms with Crippen LogP contribution in [0.4, 0.5) is 4.39 Å². The first kappa shape index (κ1) is 22.0. The molecule has 0 spiro atoms. The summed E-state index contributed by atoms with van der Waals surface area (Å²) in [7, 11) is 4.04. The van der Waals surface area contributed by atoms with Gasteiger partial charge in [-0.3, -0.25) is 9.59 Å². The predicted molar refractivity (Wildman–Crippen MR) is 127 cm³/mol. The number of nitrogens with one attached hydrogen (secondary N) is 1. The van der Waals surface area contributed by atoms with Crippen molar-refractivity contribution in [1.29, 1.82) is 0 Å². The number of hydrogen-bond acceptors (Lipinski definition) is 5. The smallest absolute Gasteiger partial charge is 0.258 e. The van der Waals surface area contributed by atoms with Crippen molar-refractivity contribution in [3.05, 3.63) is 76.5 Å². The molecule has 9 heteroatoms. The molecule has 1 N–H and O–H groups in total. The molecule has 4 aromatic rings. The van der Waals surface area contributed by atoms with Gasteiger partial charge in [-0.25, -0.2) is 9.07 Å². The molecule has 1 atom stereocenters. The van der Waals surface area contributed by atoms with Crippen LogP contribution >= 0.6 is 0 Å². The van der Waals surface area contributed by atoms with Crippen molar-refractivity contribution in [2.75, 3.05) is 27.2 Å². The monoisotopic (exact) mass is 460 g/mol. The molecule has 2 aromatic heterocycles. The van der Waals surface area contributed by atoms with Gasteiger partial charge in [-0.15, -0.1) is 5.10 Å². The number of aromatic amines is 1. The second-order valence-electron chi connectivity index (χ2n) is 8.90. The molecule has 0 bridgehead atoms. The maximum absolute atomic E-state index is 13.6. The lowest BCUT2D eigenvalue weighted by atomic mass is 10.1. The van der Waals surface area contributed by atoms with Crippen LogP contribution in [0.25, 0.3) is 27.8 Å². The second-order valence-corrected chi connectivity index (χ2v) is 8.90. The third-order valence-corrected chi connectivity index (χ3v) is 6.17. The van der Waals surface area contributed by atoms with Crippen LogP contribution in [-0.2, 0) is 0 Å². The Balaban J connectivity index is 1.38. The minimum Gasteiger partial charge on any atom is -0.334 e. The fourth-order valence-corrected chi connectivity index (χ4v) is 4.52. The zero-order chi connectivity index (χ0) is 23.8. The lowest BCUT2D eigenvalue weighted by Crippen LogP contribution is -2.41. The number of benzene rings is 2. The highest BCUT2D eigenvalue weighted by molar-refractivity contribution is 5.94. The van der Waals surface area contributed by atoms with Crippen LogP contribution < -0.4 is 5.56 Å². The molecule has 1 aliphatic heterocycles. The Hall–Kier alpha value is -3.85. The molecule has 174 valence electrons. The van der Waals surface area contributed by atoms with Crippen molar-refractivity contribution >= 4 is 16.8 Å². The summed E-state index contributed by atoms with van der Waals surface area (Å²) < 4.78 is 15.2. The normalized spacial score (nSPS) is 16.0. The fraction of sp³-hybridized carbons (Fsp3) is 0.280. The average molecular weight is 461 g/mol. The van der Waals surface area contributed by atoms with Crippen LogP contribution in [0, 0.1) is 5.82 Å². The Bertz CT molecular complexity index is 1410. The van der Waals surface area contributed by atoms with Crippen LogP contribution in [0.3, 0.4) is 0 Å². The Kier molecular flexibility index (Phi) is 5.70. The summed E-state index contributed by atoms with van der Waals surface area (Å²) in [6.07, 6.45) is 3.68. The SMILES string of the molecule is CN(C)C[C@H]1CCCN1C(=O)c1ccc(-n2cc(-c3cc4cc(F)ccc4[nH]c3=O)nn2)cc1. The number of likely N-dealkylation sites (N-methyl/N-ethyl adjacent to an activating group) is 1. The molecule has 0 unspecified atom stereocenters. The highest BCUT2D eigenvalue weighted by Crippen LogP contribution is 2.22. The number of aromatic nitrogens is 4. The molecule has 1 saturated heterocycles. The molecule has 0 radical (unpaired) electrons. The number of likely N-dealkylation sites (tertiary alicyclic amines) is 1. The Morgan fingerprint density at radius 2 is 1.97 bits per heavy atom. The van der Waals surface area contributed by atoms with Gasteiger partial charge in [-0.05, 0) is 75.5 Å². The van der Waals surface area contributed by atoms with Crippen molar-refractivity contribution in [2.24, 2.45) is 0 Å². The van der Waals surface area contributed by atoms with Crippen molar-refractivity contribution in [1.82, 2.24) is 29.8 Å². The standard InChI is InChI=1S/C25H25FN6O2/c1-30(2)14-20-4-3-11-31(20)25(34)16-5-8-19(9-6-16)32-15-23(28-29-32)21-13-17-12-18(26)7-10-22(17)27-24(21)33/h5-10,12-13,15,20H,3-4,11,14H2,1-2H3,(H,27,33)/t20-/m1/s1. The van der Waals surface area contributed by atoms with Crippen LogP contribution in [0.2, 0.25) is 0 Å². The van der Waals surface area contributed by atoms with Crippen LogP contribution in [-0.4, -0.2) is 68.9 Å². The van der Waals surface area contributed by atoms with Crippen LogP contribution in [0.15, 0.2) is 59.5 Å². The van der Waals surface area contributed by atoms with E-state index in [9.17, 15) is 14.0 Å². The quantitative estimate of drug-likeness (QED) is 0.495. The number of carbonyl (C=O) groups excluding carboxylic acids is 1. The van der Waals surface area contributed by atoms with E-state index in [2.05, 4.69) is 20.2 Å². The first-order chi connectivity index (χ1) is 16.4. The van der Waals surface area contributed by atoms with Crippen LogP contribution in [0.1, 0.15) is 23.2 Å². The molecule has 0 aliphatic carbocycles. The first-order valence-corrected chi connectivity index (χ1v) is 11.2. The summed E-state index contributed by atoms with van der Waals surface area (Å²) in [4.78, 5) is 32.4. The maximum Gasteiger partial charge on any atom is 0.258 e. The summed E-state index contributed by atoms with van der Waals surface area (Å²) in [5.41, 5.74) is 2.24. The van der Waals surface area contributed by atoms with Gasteiger partial charge in [0.15, 0.2) is 0 Å². The van der Waals surface area contributed by atoms with E-state index in [1.54, 1.807) is 29.1 Å². The van der Waals surface area contributed by atoms with Gasteiger partial charge in [0.1, 0.15) is 11.5 Å². The Labute approximate surface area is 195 Å². The molecular weight excluding hydrogens is 435 g/mol. The molecule has 2 aromatic carbocycles. The Morgan fingerprint density at radius 3 is 2.74 bits per heavy atom. The summed E-state index contributed by atoms with van der Waals surface area (Å²) in [5, 5.41) is 8.84. The Morgan fingerprint density at radius 1 is 1.18 bits per heavy atom. The highest BCUT2D eigenvalue weighted by Gasteiger charge is 2.29. The first-order valence-electron chi connectivity index (χ1n) is 11.2. The molecule has 1 fully saturated rings. The number of H-pyrrole nitrogens is 1. The van der Waals surface area contributed by atoms with Gasteiger partial charge in [0.2, 0.25) is 0 Å². The minimum absolute atomic E-state index is 0.0325.